The molecule has 0 N–H and O–H groups in total. The maximum absolute atomic E-state index is 2.38. The predicted octanol–water partition coefficient (Wildman–Crippen LogP) is 6.81. The van der Waals surface area contributed by atoms with E-state index in [4.69, 9.17) is 0 Å². The first kappa shape index (κ1) is 22.5. The Morgan fingerprint density at radius 1 is 0.688 bits per heavy atom. The number of benzene rings is 3. The Morgan fingerprint density at radius 2 is 1.25 bits per heavy atom. The Kier molecular flexibility index (Phi) is 7.27. The van der Waals surface area contributed by atoms with Crippen LogP contribution in [0.15, 0.2) is 102 Å². The van der Waals surface area contributed by atoms with E-state index < -0.39 is 8.80 Å². The maximum Gasteiger partial charge on any atom is 0.104 e. The van der Waals surface area contributed by atoms with Crippen LogP contribution in [0.25, 0.3) is 5.57 Å². The molecule has 164 valence electrons. The van der Waals surface area contributed by atoms with Crippen molar-refractivity contribution < 1.29 is 0 Å². The fraction of sp³-hybridized carbons (Fsp3) is 0.290. The molecule has 0 aliphatic heterocycles. The molecule has 0 nitrogen and oxygen atoms in total. The third kappa shape index (κ3) is 4.73. The smallest absolute Gasteiger partial charge is 0.0654 e. The quantitative estimate of drug-likeness (QED) is 0.340. The van der Waals surface area contributed by atoms with Crippen LogP contribution < -0.4 is 10.4 Å². The summed E-state index contributed by atoms with van der Waals surface area (Å²) in [6, 6.07) is 33.2. The summed E-state index contributed by atoms with van der Waals surface area (Å²) in [6.45, 7) is 9.29. The molecule has 4 rings (SSSR count). The largest absolute Gasteiger partial charge is 0.104 e. The van der Waals surface area contributed by atoms with Gasteiger partial charge in [0.25, 0.3) is 0 Å². The van der Waals surface area contributed by atoms with Crippen LogP contribution in [0, 0.1) is 5.92 Å². The molecule has 0 saturated carbocycles. The lowest BCUT2D eigenvalue weighted by Gasteiger charge is -2.25. The van der Waals surface area contributed by atoms with Crippen molar-refractivity contribution in [2.75, 3.05) is 0 Å². The topological polar surface area (TPSA) is 0 Å². The number of aryl methyl sites for hydroxylation is 1. The number of allylic oxidation sites excluding steroid dienone is 4. The summed E-state index contributed by atoms with van der Waals surface area (Å²) in [6.07, 6.45) is 3.71. The third-order valence-electron chi connectivity index (χ3n) is 7.39. The van der Waals surface area contributed by atoms with E-state index in [1.165, 1.54) is 47.6 Å². The molecule has 1 aliphatic carbocycles. The van der Waals surface area contributed by atoms with Crippen LogP contribution in [0.1, 0.15) is 51.7 Å². The van der Waals surface area contributed by atoms with Crippen molar-refractivity contribution in [1.82, 2.24) is 0 Å². The molecule has 0 saturated heterocycles. The van der Waals surface area contributed by atoms with Gasteiger partial charge in [-0.1, -0.05) is 114 Å². The monoisotopic (exact) mass is 436 g/mol. The van der Waals surface area contributed by atoms with Crippen LogP contribution in [0.3, 0.4) is 0 Å². The summed E-state index contributed by atoms with van der Waals surface area (Å²) in [5.41, 5.74) is 8.99. The van der Waals surface area contributed by atoms with Crippen molar-refractivity contribution in [3.05, 3.63) is 113 Å². The Balaban J connectivity index is 1.70. The standard InChI is InChI=1S/C31H36Si/c1-5-6-13-26-18-20-27(21-19-26)31-25(4)23(2)24(3)30(31)22-32(28-14-9-7-10-15-28)29-16-11-8-12-17-29/h7-12,14-21,30,32H,5-6,13,22H2,1-4H3. The van der Waals surface area contributed by atoms with E-state index in [1.54, 1.807) is 21.5 Å². The zero-order valence-electron chi connectivity index (χ0n) is 20.1. The first-order valence-electron chi connectivity index (χ1n) is 12.2. The fourth-order valence-electron chi connectivity index (χ4n) is 5.25. The van der Waals surface area contributed by atoms with Crippen molar-refractivity contribution in [2.24, 2.45) is 5.92 Å². The van der Waals surface area contributed by atoms with Crippen molar-refractivity contribution in [3.63, 3.8) is 0 Å². The van der Waals surface area contributed by atoms with Crippen molar-refractivity contribution >= 4 is 24.7 Å². The summed E-state index contributed by atoms with van der Waals surface area (Å²) in [4.78, 5) is 0. The predicted molar refractivity (Wildman–Crippen MR) is 144 cm³/mol. The van der Waals surface area contributed by atoms with Gasteiger partial charge in [0.1, 0.15) is 8.80 Å². The Bertz CT molecular complexity index is 1050. The second kappa shape index (κ2) is 10.3. The van der Waals surface area contributed by atoms with E-state index in [-0.39, 0.29) is 0 Å². The lowest BCUT2D eigenvalue weighted by Crippen LogP contribution is -2.43. The average molecular weight is 437 g/mol. The highest BCUT2D eigenvalue weighted by molar-refractivity contribution is 6.85. The zero-order valence-corrected chi connectivity index (χ0v) is 21.2. The molecule has 0 amide bonds. The third-order valence-corrected chi connectivity index (χ3v) is 10.7. The molecule has 0 heterocycles. The van der Waals surface area contributed by atoms with Gasteiger partial charge < -0.3 is 0 Å². The van der Waals surface area contributed by atoms with Gasteiger partial charge >= 0.3 is 0 Å². The number of unbranched alkanes of at least 4 members (excludes halogenated alkanes) is 1. The molecule has 0 aromatic heterocycles. The molecule has 0 radical (unpaired) electrons. The highest BCUT2D eigenvalue weighted by Gasteiger charge is 2.32. The molecule has 32 heavy (non-hydrogen) atoms. The van der Waals surface area contributed by atoms with Gasteiger partial charge in [0.2, 0.25) is 0 Å². The second-order valence-corrected chi connectivity index (χ2v) is 12.2. The van der Waals surface area contributed by atoms with Crippen molar-refractivity contribution in [1.29, 1.82) is 0 Å². The van der Waals surface area contributed by atoms with E-state index in [0.717, 1.165) is 0 Å². The summed E-state index contributed by atoms with van der Waals surface area (Å²) in [5.74, 6) is 0.508. The van der Waals surface area contributed by atoms with Gasteiger partial charge in [-0.15, -0.1) is 0 Å². The Labute approximate surface area is 196 Å². The zero-order chi connectivity index (χ0) is 22.5. The van der Waals surface area contributed by atoms with Crippen LogP contribution >= 0.6 is 0 Å². The van der Waals surface area contributed by atoms with E-state index in [9.17, 15) is 0 Å². The molecular formula is C31H36Si. The average Bonchev–Trinajstić information content (AvgIpc) is 3.06. The first-order chi connectivity index (χ1) is 15.6. The summed E-state index contributed by atoms with van der Waals surface area (Å²) in [5, 5.41) is 3.09. The SMILES string of the molecule is CCCCc1ccc(C2=C(C)C(C)=C(C)C2C[SiH](c2ccccc2)c2ccccc2)cc1. The lowest BCUT2D eigenvalue weighted by atomic mass is 9.90. The van der Waals surface area contributed by atoms with E-state index >= 15 is 0 Å². The molecule has 0 fully saturated rings. The summed E-state index contributed by atoms with van der Waals surface area (Å²) in [7, 11) is -1.35. The molecule has 0 spiro atoms. The number of hydrogen-bond donors (Lipinski definition) is 0. The molecule has 1 heteroatoms. The molecule has 1 unspecified atom stereocenters. The van der Waals surface area contributed by atoms with Gasteiger partial charge in [-0.05, 0) is 67.5 Å². The molecular weight excluding hydrogens is 400 g/mol. The number of rotatable bonds is 8. The minimum absolute atomic E-state index is 0.508. The van der Waals surface area contributed by atoms with Crippen LogP contribution in [0.5, 0.6) is 0 Å². The van der Waals surface area contributed by atoms with Crippen molar-refractivity contribution in [3.8, 4) is 0 Å². The minimum atomic E-state index is -1.35. The van der Waals surface area contributed by atoms with E-state index in [0.29, 0.717) is 5.92 Å². The summed E-state index contributed by atoms with van der Waals surface area (Å²) < 4.78 is 0. The maximum atomic E-state index is 2.38. The molecule has 3 aromatic rings. The van der Waals surface area contributed by atoms with Gasteiger partial charge in [0.05, 0.1) is 0 Å². The van der Waals surface area contributed by atoms with Crippen LogP contribution in [0.4, 0.5) is 0 Å². The molecule has 3 aromatic carbocycles. The minimum Gasteiger partial charge on any atom is -0.0654 e. The van der Waals surface area contributed by atoms with Crippen LogP contribution in [0.2, 0.25) is 6.04 Å². The van der Waals surface area contributed by atoms with Gasteiger partial charge in [0, 0.05) is 5.92 Å². The van der Waals surface area contributed by atoms with E-state index in [1.807, 2.05) is 0 Å². The molecule has 1 aliphatic rings. The number of hydrogen-bond acceptors (Lipinski definition) is 0. The normalized spacial score (nSPS) is 16.3. The van der Waals surface area contributed by atoms with Gasteiger partial charge in [-0.2, -0.15) is 0 Å². The van der Waals surface area contributed by atoms with Crippen molar-refractivity contribution in [2.45, 2.75) is 53.0 Å². The first-order valence-corrected chi connectivity index (χ1v) is 14.1. The van der Waals surface area contributed by atoms with Gasteiger partial charge in [-0.3, -0.25) is 0 Å². The van der Waals surface area contributed by atoms with E-state index in [2.05, 4.69) is 113 Å². The second-order valence-electron chi connectivity index (χ2n) is 9.31. The summed E-state index contributed by atoms with van der Waals surface area (Å²) >= 11 is 0. The van der Waals surface area contributed by atoms with Gasteiger partial charge in [0.15, 0.2) is 0 Å². The van der Waals surface area contributed by atoms with Gasteiger partial charge in [-0.25, -0.2) is 0 Å². The highest BCUT2D eigenvalue weighted by Crippen LogP contribution is 2.45. The molecule has 1 atom stereocenters. The highest BCUT2D eigenvalue weighted by atomic mass is 28.3. The lowest BCUT2D eigenvalue weighted by molar-refractivity contribution is 0.795. The van der Waals surface area contributed by atoms with Crippen LogP contribution in [-0.2, 0) is 6.42 Å². The Morgan fingerprint density at radius 3 is 1.78 bits per heavy atom. The molecule has 0 bridgehead atoms. The Hall–Kier alpha value is -2.64. The fourth-order valence-corrected chi connectivity index (χ4v) is 8.62. The van der Waals surface area contributed by atoms with Crippen LogP contribution in [-0.4, -0.2) is 8.80 Å².